The van der Waals surface area contributed by atoms with Crippen molar-refractivity contribution in [3.8, 4) is 0 Å². The topological polar surface area (TPSA) is 150 Å². The van der Waals surface area contributed by atoms with Gasteiger partial charge in [0.2, 0.25) is 0 Å². The predicted molar refractivity (Wildman–Crippen MR) is 99.9 cm³/mol. The average molecular weight is 628 g/mol. The van der Waals surface area contributed by atoms with Gasteiger partial charge in [0.25, 0.3) is 0 Å². The number of carboxylic acid groups (broad SMARTS) is 3. The Bertz CT molecular complexity index is 657. The van der Waals surface area contributed by atoms with Gasteiger partial charge in [0, 0.05) is 6.42 Å². The van der Waals surface area contributed by atoms with Crippen LogP contribution in [0, 0.1) is 23.3 Å². The first-order valence-electron chi connectivity index (χ1n) is 7.65. The van der Waals surface area contributed by atoms with Gasteiger partial charge in [0.1, 0.15) is 6.04 Å². The van der Waals surface area contributed by atoms with Crippen molar-refractivity contribution in [3.63, 3.8) is 0 Å². The first-order valence-corrected chi connectivity index (χ1v) is 13.4. The van der Waals surface area contributed by atoms with E-state index >= 15 is 0 Å². The van der Waals surface area contributed by atoms with Gasteiger partial charge >= 0.3 is 114 Å². The zero-order chi connectivity index (χ0) is 21.5. The van der Waals surface area contributed by atoms with Crippen molar-refractivity contribution >= 4 is 44.3 Å². The molecule has 0 saturated heterocycles. The van der Waals surface area contributed by atoms with Crippen LogP contribution in [0.3, 0.4) is 0 Å². The molecule has 0 fully saturated rings. The number of amides is 1. The van der Waals surface area contributed by atoms with E-state index in [1.165, 1.54) is 10.5 Å². The zero-order valence-corrected chi connectivity index (χ0v) is 19.4. The van der Waals surface area contributed by atoms with Gasteiger partial charge in [0.05, 0.1) is 0 Å². The van der Waals surface area contributed by atoms with Gasteiger partial charge in [-0.25, -0.2) is 14.4 Å². The van der Waals surface area contributed by atoms with E-state index in [0.717, 1.165) is 5.75 Å². The summed E-state index contributed by atoms with van der Waals surface area (Å²) in [7, 11) is 1.84. The van der Waals surface area contributed by atoms with Crippen molar-refractivity contribution in [2.75, 3.05) is 12.9 Å². The van der Waals surface area contributed by atoms with Crippen molar-refractivity contribution in [2.24, 2.45) is 0 Å². The standard InChI is InChI=1S/C8H9AtS2.C8H11NO8/c1-10-6-7-2-4-8(11-9)5-3-7;10-5(11)2-1-4(7(14)15)9-8(16)17-3-6(12)13/h2-5H,6H2,1H3;4H,1-3H2,(H,9,16)(H,10,11)(H,12,13)(H,14,15)/t;4-/m.0/s1. The van der Waals surface area contributed by atoms with Gasteiger partial charge < -0.3 is 25.4 Å². The Balaban J connectivity index is 0.000000567. The minimum Gasteiger partial charge on any atom is -0.481 e. The van der Waals surface area contributed by atoms with E-state index in [-0.39, 0.29) is 6.42 Å². The van der Waals surface area contributed by atoms with Gasteiger partial charge in [-0.3, -0.25) is 4.79 Å². The number of ether oxygens (including phenoxy) is 1. The maximum absolute atomic E-state index is 10.9. The average Bonchev–Trinajstić information content (AvgIpc) is 2.64. The van der Waals surface area contributed by atoms with Crippen LogP contribution in [0.2, 0.25) is 0 Å². The van der Waals surface area contributed by atoms with E-state index in [1.54, 1.807) is 23.3 Å². The van der Waals surface area contributed by atoms with Crippen molar-refractivity contribution in [1.29, 1.82) is 0 Å². The number of nitrogens with one attached hydrogen (secondary N) is 1. The molecule has 1 aromatic rings. The fraction of sp³-hybridized carbons (Fsp3) is 0.375. The number of hydrogen-bond donors (Lipinski definition) is 4. The van der Waals surface area contributed by atoms with Crippen LogP contribution in [-0.4, -0.2) is 58.2 Å². The Labute approximate surface area is 183 Å². The molecule has 0 bridgehead atoms. The molecular weight excluding hydrogens is 608 g/mol. The molecule has 0 spiro atoms. The largest absolute Gasteiger partial charge is 0.481 e. The molecule has 1 amide bonds. The van der Waals surface area contributed by atoms with E-state index < -0.39 is 43.1 Å². The Kier molecular flexibility index (Phi) is 14.6. The van der Waals surface area contributed by atoms with Crippen LogP contribution >= 0.6 is 20.3 Å². The third-order valence-corrected chi connectivity index (χ3v) is 6.04. The van der Waals surface area contributed by atoms with Gasteiger partial charge in [-0.05, 0) is 6.42 Å². The van der Waals surface area contributed by atoms with E-state index in [2.05, 4.69) is 35.3 Å². The number of aliphatic carboxylic acids is 3. The summed E-state index contributed by atoms with van der Waals surface area (Å²) in [4.78, 5) is 43.1. The Morgan fingerprint density at radius 3 is 2.14 bits per heavy atom. The van der Waals surface area contributed by atoms with Crippen LogP contribution in [0.4, 0.5) is 4.79 Å². The molecule has 1 atom stereocenters. The fourth-order valence-electron chi connectivity index (χ4n) is 1.64. The summed E-state index contributed by atoms with van der Waals surface area (Å²) < 4.78 is 4.13. The first-order chi connectivity index (χ1) is 13.2. The summed E-state index contributed by atoms with van der Waals surface area (Å²) in [6.45, 7) is -0.906. The number of hydrogen-bond acceptors (Lipinski definition) is 7. The zero-order valence-electron chi connectivity index (χ0n) is 14.8. The summed E-state index contributed by atoms with van der Waals surface area (Å²) in [6, 6.07) is 7.36. The second kappa shape index (κ2) is 15.4. The number of carboxylic acids is 3. The molecule has 0 aliphatic rings. The molecule has 0 radical (unpaired) electrons. The number of alkyl carbamates (subject to hydrolysis) is 1. The molecule has 0 aliphatic carbocycles. The maximum Gasteiger partial charge on any atom is 0.408 e. The summed E-state index contributed by atoms with van der Waals surface area (Å²) in [5.74, 6) is -2.91. The molecule has 28 heavy (non-hydrogen) atoms. The van der Waals surface area contributed by atoms with Crippen molar-refractivity contribution < 1.29 is 62.5 Å². The van der Waals surface area contributed by atoms with Crippen LogP contribution in [-0.2, 0) is 24.9 Å². The van der Waals surface area contributed by atoms with Crippen LogP contribution < -0.4 is 5.32 Å². The van der Waals surface area contributed by atoms with E-state index in [4.69, 9.17) is 15.3 Å². The molecule has 1 aromatic carbocycles. The third kappa shape index (κ3) is 13.6. The smallest absolute Gasteiger partial charge is 0.408 e. The van der Waals surface area contributed by atoms with Gasteiger partial charge in [-0.15, -0.1) is 0 Å². The number of rotatable bonds is 10. The Morgan fingerprint density at radius 1 is 1.11 bits per heavy atom. The Hall–Kier alpha value is -1.52. The summed E-state index contributed by atoms with van der Waals surface area (Å²) in [5.41, 5.74) is 1.42. The molecule has 0 heterocycles. The normalized spacial score (nSPS) is 10.8. The second-order valence-corrected chi connectivity index (χ2v) is 8.38. The molecule has 9 nitrogen and oxygen atoms in total. The van der Waals surface area contributed by atoms with Crippen molar-refractivity contribution in [3.05, 3.63) is 29.8 Å². The second-order valence-electron chi connectivity index (χ2n) is 5.09. The van der Waals surface area contributed by atoms with E-state index in [1.807, 2.05) is 25.6 Å². The van der Waals surface area contributed by atoms with Crippen LogP contribution in [0.1, 0.15) is 18.4 Å². The molecule has 1 rings (SSSR count). The molecule has 0 saturated carbocycles. The summed E-state index contributed by atoms with van der Waals surface area (Å²) in [5, 5.41) is 27.0. The molecule has 0 aliphatic heterocycles. The maximum atomic E-state index is 10.9. The number of benzene rings is 1. The molecule has 4 N–H and O–H groups in total. The van der Waals surface area contributed by atoms with Gasteiger partial charge in [-0.2, -0.15) is 0 Å². The predicted octanol–water partition coefficient (Wildman–Crippen LogP) is 2.22. The summed E-state index contributed by atoms with van der Waals surface area (Å²) >= 11 is 3.60. The SMILES string of the molecule is CSCc1ccc(S[At])cc1.O=C(O)CC[C@H](NC(=O)OCC(=O)O)C(=O)O. The molecule has 156 valence electrons. The number of carbonyl (C=O) groups excluding carboxylic acids is 1. The first kappa shape index (κ1) is 26.5. The minimum absolute atomic E-state index is 0.327. The minimum atomic E-state index is -1.44. The third-order valence-electron chi connectivity index (χ3n) is 2.89. The molecule has 0 aromatic heterocycles. The Morgan fingerprint density at radius 2 is 1.71 bits per heavy atom. The van der Waals surface area contributed by atoms with E-state index in [9.17, 15) is 19.2 Å². The molecular formula is C16H20AtNO8S2. The van der Waals surface area contributed by atoms with Crippen molar-refractivity contribution in [2.45, 2.75) is 29.5 Å². The summed E-state index contributed by atoms with van der Waals surface area (Å²) in [6.07, 6.45) is 0.124. The van der Waals surface area contributed by atoms with E-state index in [0.29, 0.717) is 0 Å². The quantitative estimate of drug-likeness (QED) is 0.304. The molecule has 0 unspecified atom stereocenters. The van der Waals surface area contributed by atoms with Crippen LogP contribution in [0.25, 0.3) is 0 Å². The van der Waals surface area contributed by atoms with Gasteiger partial charge in [0.15, 0.2) is 6.61 Å². The van der Waals surface area contributed by atoms with Crippen molar-refractivity contribution in [1.82, 2.24) is 5.32 Å². The number of thioether (sulfide) groups is 1. The monoisotopic (exact) mass is 628 g/mol. The van der Waals surface area contributed by atoms with Gasteiger partial charge in [-0.1, -0.05) is 0 Å². The number of carbonyl (C=O) groups is 4. The molecule has 12 heteroatoms. The van der Waals surface area contributed by atoms with Crippen LogP contribution in [0.15, 0.2) is 29.2 Å². The fourth-order valence-corrected chi connectivity index (χ4v) is 3.60. The van der Waals surface area contributed by atoms with Crippen LogP contribution in [0.5, 0.6) is 0 Å².